The topological polar surface area (TPSA) is 26.0 Å². The molecular formula is C8H13BClN. The first-order valence-electron chi connectivity index (χ1n) is 3.65. The number of nitrogens with two attached hydrogens (primary N) is 1. The molecule has 0 spiro atoms. The van der Waals surface area contributed by atoms with Crippen LogP contribution in [0.5, 0.6) is 0 Å². The summed E-state index contributed by atoms with van der Waals surface area (Å²) in [5.74, 6) is 0. The van der Waals surface area contributed by atoms with Crippen LogP contribution in [0.4, 0.5) is 0 Å². The van der Waals surface area contributed by atoms with Crippen LogP contribution in [-0.2, 0) is 0 Å². The van der Waals surface area contributed by atoms with Crippen molar-refractivity contribution in [1.29, 1.82) is 0 Å². The van der Waals surface area contributed by atoms with E-state index in [2.05, 4.69) is 19.1 Å². The summed E-state index contributed by atoms with van der Waals surface area (Å²) in [6.45, 7) is 2.30. The van der Waals surface area contributed by atoms with Crippen LogP contribution in [0.2, 0.25) is 6.32 Å². The fraction of sp³-hybridized carbons (Fsp3) is 0.250. The third-order valence-electron chi connectivity index (χ3n) is 1.67. The van der Waals surface area contributed by atoms with Crippen molar-refractivity contribution >= 4 is 24.7 Å². The molecule has 0 aliphatic heterocycles. The van der Waals surface area contributed by atoms with Gasteiger partial charge in [-0.3, -0.25) is 0 Å². The third-order valence-corrected chi connectivity index (χ3v) is 1.67. The number of hydrogen-bond acceptors (Lipinski definition) is 1. The Balaban J connectivity index is 0.000001000. The van der Waals surface area contributed by atoms with E-state index in [9.17, 15) is 0 Å². The van der Waals surface area contributed by atoms with Gasteiger partial charge in [-0.25, -0.2) is 0 Å². The molecule has 0 saturated heterocycles. The molecule has 0 fully saturated rings. The fourth-order valence-corrected chi connectivity index (χ4v) is 0.936. The first kappa shape index (κ1) is 10.5. The molecule has 0 aliphatic rings. The van der Waals surface area contributed by atoms with Crippen LogP contribution in [0.3, 0.4) is 0 Å². The predicted octanol–water partition coefficient (Wildman–Crippen LogP) is 1.29. The molecular weight excluding hydrogens is 156 g/mol. The van der Waals surface area contributed by atoms with Crippen molar-refractivity contribution in [3.8, 4) is 0 Å². The van der Waals surface area contributed by atoms with Gasteiger partial charge in [-0.1, -0.05) is 49.0 Å². The summed E-state index contributed by atoms with van der Waals surface area (Å²) < 4.78 is 0. The zero-order chi connectivity index (χ0) is 7.40. The van der Waals surface area contributed by atoms with Crippen molar-refractivity contribution < 1.29 is 0 Å². The van der Waals surface area contributed by atoms with E-state index < -0.39 is 0 Å². The molecule has 0 aromatic heterocycles. The summed E-state index contributed by atoms with van der Waals surface area (Å²) in [5, 5.41) is 0. The molecule has 0 amide bonds. The number of hydrogen-bond donors (Lipinski definition) is 1. The van der Waals surface area contributed by atoms with Crippen LogP contribution >= 0.6 is 12.4 Å². The second-order valence-corrected chi connectivity index (χ2v) is 2.43. The summed E-state index contributed by atoms with van der Waals surface area (Å²) in [6, 6.07) is 10.2. The highest BCUT2D eigenvalue weighted by molar-refractivity contribution is 6.70. The number of benzene rings is 1. The van der Waals surface area contributed by atoms with E-state index >= 15 is 0 Å². The summed E-state index contributed by atoms with van der Waals surface area (Å²) >= 11 is 0. The summed E-state index contributed by atoms with van der Waals surface area (Å²) in [7, 11) is 0. The Morgan fingerprint density at radius 2 is 1.82 bits per heavy atom. The maximum atomic E-state index is 5.79. The van der Waals surface area contributed by atoms with Crippen molar-refractivity contribution in [3.63, 3.8) is 0 Å². The van der Waals surface area contributed by atoms with Crippen LogP contribution < -0.4 is 11.1 Å². The monoisotopic (exact) mass is 169 g/mol. The van der Waals surface area contributed by atoms with E-state index in [-0.39, 0.29) is 19.3 Å². The standard InChI is InChI=1S/C8H12BN.ClH/c1-2-9(10)8-6-4-3-5-7-8;/h3-7H,2,10H2,1H3;1H. The Hall–Kier alpha value is -0.465. The van der Waals surface area contributed by atoms with Gasteiger partial charge in [0, 0.05) is 0 Å². The lowest BCUT2D eigenvalue weighted by atomic mass is 9.55. The smallest absolute Gasteiger partial charge is 0.251 e. The molecule has 1 nitrogen and oxygen atoms in total. The lowest BCUT2D eigenvalue weighted by Crippen LogP contribution is -2.38. The molecule has 11 heavy (non-hydrogen) atoms. The van der Waals surface area contributed by atoms with E-state index in [0.29, 0.717) is 0 Å². The SMILES string of the molecule is CCB(N)c1ccccc1.Cl. The maximum absolute atomic E-state index is 5.79. The highest BCUT2D eigenvalue weighted by atomic mass is 35.5. The van der Waals surface area contributed by atoms with Crippen LogP contribution in [0.1, 0.15) is 6.92 Å². The Kier molecular flexibility index (Phi) is 5.00. The minimum Gasteiger partial charge on any atom is -0.366 e. The molecule has 0 atom stereocenters. The Morgan fingerprint density at radius 3 is 2.27 bits per heavy atom. The van der Waals surface area contributed by atoms with E-state index in [1.54, 1.807) is 0 Å². The van der Waals surface area contributed by atoms with Crippen LogP contribution in [0.25, 0.3) is 0 Å². The van der Waals surface area contributed by atoms with Crippen molar-refractivity contribution in [2.24, 2.45) is 5.64 Å². The molecule has 0 bridgehead atoms. The van der Waals surface area contributed by atoms with Crippen molar-refractivity contribution in [2.45, 2.75) is 13.2 Å². The van der Waals surface area contributed by atoms with Gasteiger partial charge in [0.1, 0.15) is 0 Å². The van der Waals surface area contributed by atoms with E-state index in [0.717, 1.165) is 6.32 Å². The zero-order valence-electron chi connectivity index (χ0n) is 6.66. The number of halogens is 1. The average Bonchev–Trinajstić information content (AvgIpc) is 2.05. The van der Waals surface area contributed by atoms with Crippen molar-refractivity contribution in [1.82, 2.24) is 0 Å². The van der Waals surface area contributed by atoms with Gasteiger partial charge in [-0.2, -0.15) is 0 Å². The summed E-state index contributed by atoms with van der Waals surface area (Å²) in [6.07, 6.45) is 1.00. The van der Waals surface area contributed by atoms with Crippen molar-refractivity contribution in [3.05, 3.63) is 30.3 Å². The molecule has 0 heterocycles. The second-order valence-electron chi connectivity index (χ2n) is 2.43. The second kappa shape index (κ2) is 5.22. The predicted molar refractivity (Wildman–Crippen MR) is 53.7 cm³/mol. The van der Waals surface area contributed by atoms with Gasteiger partial charge in [-0.05, 0) is 0 Å². The molecule has 2 N–H and O–H groups in total. The van der Waals surface area contributed by atoms with Crippen molar-refractivity contribution in [2.75, 3.05) is 0 Å². The quantitative estimate of drug-likeness (QED) is 0.664. The molecule has 3 heteroatoms. The van der Waals surface area contributed by atoms with Gasteiger partial charge in [0.2, 0.25) is 0 Å². The maximum Gasteiger partial charge on any atom is 0.251 e. The van der Waals surface area contributed by atoms with E-state index in [4.69, 9.17) is 5.64 Å². The van der Waals surface area contributed by atoms with Gasteiger partial charge < -0.3 is 5.64 Å². The van der Waals surface area contributed by atoms with E-state index in [1.165, 1.54) is 5.46 Å². The van der Waals surface area contributed by atoms with Crippen LogP contribution in [-0.4, -0.2) is 6.85 Å². The normalized spacial score (nSPS) is 8.55. The van der Waals surface area contributed by atoms with E-state index in [1.807, 2.05) is 18.2 Å². The van der Waals surface area contributed by atoms with Gasteiger partial charge >= 0.3 is 0 Å². The fourth-order valence-electron chi connectivity index (χ4n) is 0.936. The molecule has 0 radical (unpaired) electrons. The lowest BCUT2D eigenvalue weighted by Gasteiger charge is -2.02. The molecule has 1 aromatic carbocycles. The minimum atomic E-state index is 0. The molecule has 0 aliphatic carbocycles. The summed E-state index contributed by atoms with van der Waals surface area (Å²) in [5.41, 5.74) is 7.02. The van der Waals surface area contributed by atoms with Crippen LogP contribution in [0, 0.1) is 0 Å². The van der Waals surface area contributed by atoms with Gasteiger partial charge in [0.05, 0.1) is 0 Å². The molecule has 1 rings (SSSR count). The average molecular weight is 169 g/mol. The van der Waals surface area contributed by atoms with Gasteiger partial charge in [0.25, 0.3) is 6.85 Å². The molecule has 0 saturated carbocycles. The third kappa shape index (κ3) is 2.96. The first-order valence-corrected chi connectivity index (χ1v) is 3.65. The Morgan fingerprint density at radius 1 is 1.27 bits per heavy atom. The van der Waals surface area contributed by atoms with Gasteiger partial charge in [-0.15, -0.1) is 12.4 Å². The minimum absolute atomic E-state index is 0. The Labute approximate surface area is 74.5 Å². The molecule has 1 aromatic rings. The highest BCUT2D eigenvalue weighted by Crippen LogP contribution is 1.87. The zero-order valence-corrected chi connectivity index (χ0v) is 7.47. The largest absolute Gasteiger partial charge is 0.366 e. The molecule has 0 unspecified atom stereocenters. The number of rotatable bonds is 2. The first-order chi connectivity index (χ1) is 4.84. The lowest BCUT2D eigenvalue weighted by molar-refractivity contribution is 1.40. The van der Waals surface area contributed by atoms with Gasteiger partial charge in [0.15, 0.2) is 0 Å². The highest BCUT2D eigenvalue weighted by Gasteiger charge is 2.05. The molecule has 60 valence electrons. The summed E-state index contributed by atoms with van der Waals surface area (Å²) in [4.78, 5) is 0. The van der Waals surface area contributed by atoms with Crippen LogP contribution in [0.15, 0.2) is 30.3 Å². The Bertz CT molecular complexity index is 191.